The summed E-state index contributed by atoms with van der Waals surface area (Å²) in [6.07, 6.45) is -0.498. The van der Waals surface area contributed by atoms with Gasteiger partial charge in [-0.2, -0.15) is 0 Å². The smallest absolute Gasteiger partial charge is 0.251 e. The third-order valence-electron chi connectivity index (χ3n) is 0.485. The molecule has 48 valence electrons. The van der Waals surface area contributed by atoms with Crippen LogP contribution in [0.2, 0.25) is 0 Å². The van der Waals surface area contributed by atoms with Crippen LogP contribution in [0.3, 0.4) is 0 Å². The van der Waals surface area contributed by atoms with Gasteiger partial charge in [-0.1, -0.05) is 12.2 Å². The fourth-order valence-electron chi connectivity index (χ4n) is 0.306. The van der Waals surface area contributed by atoms with Gasteiger partial charge < -0.3 is 5.73 Å². The Labute approximate surface area is 51.9 Å². The maximum absolute atomic E-state index is 11.8. The van der Waals surface area contributed by atoms with E-state index in [1.54, 1.807) is 0 Å². The van der Waals surface area contributed by atoms with Crippen LogP contribution in [0.1, 0.15) is 13.3 Å². The van der Waals surface area contributed by atoms with E-state index in [-0.39, 0.29) is 4.99 Å². The van der Waals surface area contributed by atoms with Gasteiger partial charge in [0.25, 0.3) is 5.92 Å². The number of hydrogen-bond donors (Lipinski definition) is 1. The van der Waals surface area contributed by atoms with Crippen LogP contribution in [-0.4, -0.2) is 10.9 Å². The van der Waals surface area contributed by atoms with Crippen molar-refractivity contribution >= 4 is 17.2 Å². The third-order valence-corrected chi connectivity index (χ3v) is 0.629. The Bertz CT molecular complexity index is 96.7. The molecule has 2 N–H and O–H groups in total. The zero-order valence-electron chi connectivity index (χ0n) is 4.45. The molecule has 0 aliphatic heterocycles. The first-order chi connectivity index (χ1) is 3.42. The van der Waals surface area contributed by atoms with E-state index >= 15 is 0 Å². The van der Waals surface area contributed by atoms with Gasteiger partial charge in [-0.05, 0) is 6.92 Å². The van der Waals surface area contributed by atoms with Crippen LogP contribution in [0.4, 0.5) is 8.78 Å². The van der Waals surface area contributed by atoms with Crippen molar-refractivity contribution < 1.29 is 8.78 Å². The van der Waals surface area contributed by atoms with Crippen LogP contribution < -0.4 is 5.73 Å². The molecule has 0 bridgehead atoms. The first kappa shape index (κ1) is 7.75. The van der Waals surface area contributed by atoms with E-state index in [9.17, 15) is 8.78 Å². The molecule has 0 unspecified atom stereocenters. The Morgan fingerprint density at radius 1 is 1.75 bits per heavy atom. The molecule has 0 saturated heterocycles. The van der Waals surface area contributed by atoms with Crippen molar-refractivity contribution in [1.82, 2.24) is 0 Å². The molecule has 0 aliphatic carbocycles. The van der Waals surface area contributed by atoms with Gasteiger partial charge in [0, 0.05) is 0 Å². The van der Waals surface area contributed by atoms with E-state index < -0.39 is 12.3 Å². The summed E-state index contributed by atoms with van der Waals surface area (Å²) in [5.41, 5.74) is 4.83. The second kappa shape index (κ2) is 2.35. The highest BCUT2D eigenvalue weighted by atomic mass is 32.1. The Morgan fingerprint density at radius 3 is 2.12 bits per heavy atom. The molecular formula is C4H7F2NS. The summed E-state index contributed by atoms with van der Waals surface area (Å²) in [5.74, 6) is -2.74. The maximum Gasteiger partial charge on any atom is 0.251 e. The highest BCUT2D eigenvalue weighted by Crippen LogP contribution is 2.15. The number of halogens is 2. The zero-order valence-corrected chi connectivity index (χ0v) is 5.27. The van der Waals surface area contributed by atoms with Gasteiger partial charge in [0.2, 0.25) is 0 Å². The van der Waals surface area contributed by atoms with Crippen molar-refractivity contribution in [3.05, 3.63) is 0 Å². The van der Waals surface area contributed by atoms with Crippen LogP contribution in [0, 0.1) is 0 Å². The SMILES string of the molecule is CC(F)(F)CC(N)=S. The minimum absolute atomic E-state index is 0.141. The lowest BCUT2D eigenvalue weighted by Gasteiger charge is -2.06. The summed E-state index contributed by atoms with van der Waals surface area (Å²) in [7, 11) is 0. The number of nitrogens with two attached hydrogens (primary N) is 1. The Morgan fingerprint density at radius 2 is 2.12 bits per heavy atom. The average molecular weight is 139 g/mol. The molecule has 0 spiro atoms. The van der Waals surface area contributed by atoms with Crippen molar-refractivity contribution in [3.8, 4) is 0 Å². The summed E-state index contributed by atoms with van der Waals surface area (Å²) < 4.78 is 23.6. The van der Waals surface area contributed by atoms with Crippen LogP contribution >= 0.6 is 12.2 Å². The lowest BCUT2D eigenvalue weighted by molar-refractivity contribution is 0.0306. The molecule has 0 rings (SSSR count). The van der Waals surface area contributed by atoms with E-state index in [0.717, 1.165) is 6.92 Å². The van der Waals surface area contributed by atoms with Crippen molar-refractivity contribution in [1.29, 1.82) is 0 Å². The predicted octanol–water partition coefficient (Wildman–Crippen LogP) is 1.32. The zero-order chi connectivity index (χ0) is 6.78. The van der Waals surface area contributed by atoms with Gasteiger partial charge in [0.15, 0.2) is 0 Å². The summed E-state index contributed by atoms with van der Waals surface area (Å²) in [6, 6.07) is 0. The standard InChI is InChI=1S/C4H7F2NS/c1-4(5,6)2-3(7)8/h2H2,1H3,(H2,7,8). The summed E-state index contributed by atoms with van der Waals surface area (Å²) in [6.45, 7) is 0.784. The van der Waals surface area contributed by atoms with Gasteiger partial charge in [-0.3, -0.25) is 0 Å². The highest BCUT2D eigenvalue weighted by molar-refractivity contribution is 7.80. The largest absolute Gasteiger partial charge is 0.393 e. The maximum atomic E-state index is 11.8. The normalized spacial score (nSPS) is 11.4. The molecule has 0 atom stereocenters. The van der Waals surface area contributed by atoms with Gasteiger partial charge in [0.05, 0.1) is 11.4 Å². The van der Waals surface area contributed by atoms with E-state index in [1.807, 2.05) is 0 Å². The molecule has 1 nitrogen and oxygen atoms in total. The summed E-state index contributed by atoms with van der Waals surface area (Å²) in [5, 5.41) is 0. The number of thiocarbonyl (C=S) groups is 1. The van der Waals surface area contributed by atoms with Gasteiger partial charge in [0.1, 0.15) is 0 Å². The number of rotatable bonds is 2. The second-order valence-corrected chi connectivity index (χ2v) is 2.24. The van der Waals surface area contributed by atoms with Gasteiger partial charge in [-0.15, -0.1) is 0 Å². The molecule has 0 radical (unpaired) electrons. The minimum atomic E-state index is -2.74. The molecule has 0 amide bonds. The summed E-state index contributed by atoms with van der Waals surface area (Å²) in [4.78, 5) is -0.141. The fraction of sp³-hybridized carbons (Fsp3) is 0.750. The lowest BCUT2D eigenvalue weighted by Crippen LogP contribution is -2.20. The van der Waals surface area contributed by atoms with Crippen LogP contribution in [0.5, 0.6) is 0 Å². The molecule has 0 heterocycles. The molecule has 0 aromatic heterocycles. The second-order valence-electron chi connectivity index (χ2n) is 1.71. The first-order valence-corrected chi connectivity index (χ1v) is 2.49. The van der Waals surface area contributed by atoms with Gasteiger partial charge in [-0.25, -0.2) is 8.78 Å². The fourth-order valence-corrected chi connectivity index (χ4v) is 0.559. The Hall–Kier alpha value is -0.250. The summed E-state index contributed by atoms with van der Waals surface area (Å²) >= 11 is 4.24. The molecule has 0 aliphatic rings. The van der Waals surface area contributed by atoms with Crippen molar-refractivity contribution in [2.45, 2.75) is 19.3 Å². The molecule has 4 heteroatoms. The van der Waals surface area contributed by atoms with Crippen molar-refractivity contribution in [2.24, 2.45) is 5.73 Å². The van der Waals surface area contributed by atoms with Crippen molar-refractivity contribution in [3.63, 3.8) is 0 Å². The predicted molar refractivity (Wildman–Crippen MR) is 32.0 cm³/mol. The highest BCUT2D eigenvalue weighted by Gasteiger charge is 2.21. The topological polar surface area (TPSA) is 26.0 Å². The lowest BCUT2D eigenvalue weighted by atomic mass is 10.3. The van der Waals surface area contributed by atoms with Gasteiger partial charge >= 0.3 is 0 Å². The molecule has 0 aromatic rings. The molecule has 8 heavy (non-hydrogen) atoms. The van der Waals surface area contributed by atoms with E-state index in [2.05, 4.69) is 12.2 Å². The number of alkyl halides is 2. The quantitative estimate of drug-likeness (QED) is 0.584. The van der Waals surface area contributed by atoms with E-state index in [1.165, 1.54) is 0 Å². The van der Waals surface area contributed by atoms with Crippen LogP contribution in [0.25, 0.3) is 0 Å². The number of hydrogen-bond acceptors (Lipinski definition) is 1. The monoisotopic (exact) mass is 139 g/mol. The molecular weight excluding hydrogens is 132 g/mol. The Balaban J connectivity index is 3.55. The third kappa shape index (κ3) is 5.75. The Kier molecular flexibility index (Phi) is 2.27. The van der Waals surface area contributed by atoms with E-state index in [4.69, 9.17) is 5.73 Å². The first-order valence-electron chi connectivity index (χ1n) is 2.08. The van der Waals surface area contributed by atoms with E-state index in [0.29, 0.717) is 0 Å². The molecule has 0 saturated carbocycles. The molecule has 0 fully saturated rings. The van der Waals surface area contributed by atoms with Crippen LogP contribution in [-0.2, 0) is 0 Å². The minimum Gasteiger partial charge on any atom is -0.393 e. The molecule has 0 aromatic carbocycles. The average Bonchev–Trinajstić information content (AvgIpc) is 1.21. The van der Waals surface area contributed by atoms with Crippen LogP contribution in [0.15, 0.2) is 0 Å². The van der Waals surface area contributed by atoms with Crippen molar-refractivity contribution in [2.75, 3.05) is 0 Å².